The summed E-state index contributed by atoms with van der Waals surface area (Å²) in [5, 5.41) is 3.16. The van der Waals surface area contributed by atoms with E-state index in [1.54, 1.807) is 37.4 Å². The van der Waals surface area contributed by atoms with Crippen molar-refractivity contribution < 1.29 is 23.7 Å². The highest BCUT2D eigenvalue weighted by Crippen LogP contribution is 2.37. The zero-order valence-corrected chi connectivity index (χ0v) is 17.4. The Balaban J connectivity index is 2.26. The molecule has 0 fully saturated rings. The topological polar surface area (TPSA) is 66.0 Å². The second-order valence-electron chi connectivity index (χ2n) is 5.82. The molecule has 7 heteroatoms. The number of rotatable bonds is 10. The Labute approximate surface area is 170 Å². The third-order valence-electron chi connectivity index (χ3n) is 3.74. The minimum absolute atomic E-state index is 0.323. The summed E-state index contributed by atoms with van der Waals surface area (Å²) in [6.07, 6.45) is 0.837. The molecule has 0 heterocycles. The molecular formula is C21H26ClNO5. The molecule has 0 saturated carbocycles. The molecule has 152 valence electrons. The number of ether oxygens (including phenoxy) is 4. The molecule has 0 aliphatic rings. The van der Waals surface area contributed by atoms with E-state index in [4.69, 9.17) is 30.5 Å². The second kappa shape index (κ2) is 10.7. The van der Waals surface area contributed by atoms with Gasteiger partial charge < -0.3 is 24.3 Å². The van der Waals surface area contributed by atoms with E-state index in [2.05, 4.69) is 5.32 Å². The van der Waals surface area contributed by atoms with Crippen LogP contribution < -0.4 is 24.3 Å². The summed E-state index contributed by atoms with van der Waals surface area (Å²) in [5.74, 6) is 1.72. The maximum absolute atomic E-state index is 12.7. The van der Waals surface area contributed by atoms with E-state index in [1.807, 2.05) is 20.8 Å². The fraction of sp³-hybridized carbons (Fsp3) is 0.381. The first-order valence-electron chi connectivity index (χ1n) is 9.25. The van der Waals surface area contributed by atoms with E-state index in [-0.39, 0.29) is 5.91 Å². The van der Waals surface area contributed by atoms with Gasteiger partial charge in [0, 0.05) is 17.3 Å². The summed E-state index contributed by atoms with van der Waals surface area (Å²) in [5.41, 5.74) is 0.941. The van der Waals surface area contributed by atoms with Crippen LogP contribution in [-0.2, 0) is 0 Å². The Hall–Kier alpha value is -2.60. The number of hydrogen-bond acceptors (Lipinski definition) is 5. The summed E-state index contributed by atoms with van der Waals surface area (Å²) in [7, 11) is 1.55. The second-order valence-corrected chi connectivity index (χ2v) is 6.23. The lowest BCUT2D eigenvalue weighted by Gasteiger charge is -2.15. The molecule has 0 aliphatic carbocycles. The monoisotopic (exact) mass is 407 g/mol. The van der Waals surface area contributed by atoms with Crippen LogP contribution >= 0.6 is 11.6 Å². The average Bonchev–Trinajstić information content (AvgIpc) is 2.68. The Morgan fingerprint density at radius 3 is 2.32 bits per heavy atom. The smallest absolute Gasteiger partial charge is 0.255 e. The van der Waals surface area contributed by atoms with Crippen molar-refractivity contribution in [1.82, 2.24) is 0 Å². The third kappa shape index (κ3) is 5.45. The van der Waals surface area contributed by atoms with Crippen molar-refractivity contribution in [3.05, 3.63) is 40.9 Å². The predicted octanol–water partition coefficient (Wildman–Crippen LogP) is 5.19. The predicted molar refractivity (Wildman–Crippen MR) is 111 cm³/mol. The third-order valence-corrected chi connectivity index (χ3v) is 4.02. The lowest BCUT2D eigenvalue weighted by atomic mass is 10.1. The molecule has 6 nitrogen and oxygen atoms in total. The van der Waals surface area contributed by atoms with Crippen molar-refractivity contribution in [2.75, 3.05) is 32.2 Å². The van der Waals surface area contributed by atoms with Crippen molar-refractivity contribution in [1.29, 1.82) is 0 Å². The van der Waals surface area contributed by atoms with Gasteiger partial charge in [0.05, 0.1) is 32.0 Å². The van der Waals surface area contributed by atoms with Crippen LogP contribution in [0.2, 0.25) is 5.02 Å². The number of anilines is 1. The first-order chi connectivity index (χ1) is 13.5. The molecule has 0 unspecified atom stereocenters. The fourth-order valence-corrected chi connectivity index (χ4v) is 2.79. The van der Waals surface area contributed by atoms with Gasteiger partial charge in [-0.05, 0) is 44.5 Å². The highest BCUT2D eigenvalue weighted by atomic mass is 35.5. The molecule has 0 radical (unpaired) electrons. The molecule has 0 saturated heterocycles. The first kappa shape index (κ1) is 21.7. The lowest BCUT2D eigenvalue weighted by Crippen LogP contribution is -2.13. The minimum atomic E-state index is -0.323. The van der Waals surface area contributed by atoms with Crippen LogP contribution in [-0.4, -0.2) is 32.8 Å². The highest BCUT2D eigenvalue weighted by molar-refractivity contribution is 6.32. The van der Waals surface area contributed by atoms with Gasteiger partial charge in [-0.25, -0.2) is 0 Å². The van der Waals surface area contributed by atoms with Crippen molar-refractivity contribution in [2.45, 2.75) is 27.2 Å². The van der Waals surface area contributed by atoms with Gasteiger partial charge in [0.25, 0.3) is 5.91 Å². The van der Waals surface area contributed by atoms with Gasteiger partial charge in [-0.1, -0.05) is 18.5 Å². The average molecular weight is 408 g/mol. The van der Waals surface area contributed by atoms with Crippen molar-refractivity contribution in [2.24, 2.45) is 0 Å². The number of nitrogens with one attached hydrogen (secondary N) is 1. The van der Waals surface area contributed by atoms with Gasteiger partial charge in [0.15, 0.2) is 23.0 Å². The Kier molecular flexibility index (Phi) is 8.26. The van der Waals surface area contributed by atoms with Gasteiger partial charge in [-0.2, -0.15) is 0 Å². The SMILES string of the molecule is CCCOc1c(Cl)cc(C(=O)Nc2ccc(OCC)c(OC)c2)cc1OCC. The summed E-state index contributed by atoms with van der Waals surface area (Å²) < 4.78 is 22.1. The molecule has 2 aromatic rings. The van der Waals surface area contributed by atoms with Crippen molar-refractivity contribution >= 4 is 23.2 Å². The Bertz CT molecular complexity index is 810. The number of hydrogen-bond donors (Lipinski definition) is 1. The lowest BCUT2D eigenvalue weighted by molar-refractivity contribution is 0.102. The number of halogens is 1. The van der Waals surface area contributed by atoms with Gasteiger partial charge in [-0.15, -0.1) is 0 Å². The van der Waals surface area contributed by atoms with E-state index in [9.17, 15) is 4.79 Å². The van der Waals surface area contributed by atoms with Gasteiger partial charge >= 0.3 is 0 Å². The van der Waals surface area contributed by atoms with E-state index in [0.717, 1.165) is 6.42 Å². The zero-order valence-electron chi connectivity index (χ0n) is 16.6. The Morgan fingerprint density at radius 1 is 0.964 bits per heavy atom. The molecular weight excluding hydrogens is 382 g/mol. The standard InChI is InChI=1S/C21H26ClNO5/c1-5-10-28-20-16(22)11-14(12-19(20)27-7-3)21(24)23-15-8-9-17(26-6-2)18(13-15)25-4/h8-9,11-13H,5-7,10H2,1-4H3,(H,23,24). The van der Waals surface area contributed by atoms with E-state index >= 15 is 0 Å². The molecule has 0 bridgehead atoms. The summed E-state index contributed by atoms with van der Waals surface area (Å²) in [6, 6.07) is 8.39. The van der Waals surface area contributed by atoms with Crippen LogP contribution in [0.3, 0.4) is 0 Å². The molecule has 2 aromatic carbocycles. The largest absolute Gasteiger partial charge is 0.493 e. The van der Waals surface area contributed by atoms with E-state index in [0.29, 0.717) is 59.1 Å². The van der Waals surface area contributed by atoms with Crippen molar-refractivity contribution in [3.63, 3.8) is 0 Å². The molecule has 0 atom stereocenters. The normalized spacial score (nSPS) is 10.3. The maximum Gasteiger partial charge on any atom is 0.255 e. The summed E-state index contributed by atoms with van der Waals surface area (Å²) in [6.45, 7) is 7.21. The first-order valence-corrected chi connectivity index (χ1v) is 9.63. The number of benzene rings is 2. The summed E-state index contributed by atoms with van der Waals surface area (Å²) in [4.78, 5) is 12.7. The molecule has 0 spiro atoms. The Morgan fingerprint density at radius 2 is 1.68 bits per heavy atom. The molecule has 28 heavy (non-hydrogen) atoms. The van der Waals surface area contributed by atoms with Crippen LogP contribution in [0.1, 0.15) is 37.6 Å². The van der Waals surface area contributed by atoms with E-state index < -0.39 is 0 Å². The van der Waals surface area contributed by atoms with Gasteiger partial charge in [0.2, 0.25) is 0 Å². The number of methoxy groups -OCH3 is 1. The highest BCUT2D eigenvalue weighted by Gasteiger charge is 2.17. The molecule has 1 N–H and O–H groups in total. The molecule has 0 aromatic heterocycles. The van der Waals surface area contributed by atoms with E-state index in [1.165, 1.54) is 0 Å². The van der Waals surface area contributed by atoms with Crippen LogP contribution in [0.4, 0.5) is 5.69 Å². The summed E-state index contributed by atoms with van der Waals surface area (Å²) >= 11 is 6.33. The fourth-order valence-electron chi connectivity index (χ4n) is 2.53. The van der Waals surface area contributed by atoms with Crippen LogP contribution in [0.15, 0.2) is 30.3 Å². The number of carbonyl (C=O) groups excluding carboxylic acids is 1. The zero-order chi connectivity index (χ0) is 20.5. The van der Waals surface area contributed by atoms with Crippen LogP contribution in [0.5, 0.6) is 23.0 Å². The van der Waals surface area contributed by atoms with Crippen molar-refractivity contribution in [3.8, 4) is 23.0 Å². The maximum atomic E-state index is 12.7. The molecule has 1 amide bonds. The molecule has 0 aliphatic heterocycles. The van der Waals surface area contributed by atoms with Gasteiger partial charge in [-0.3, -0.25) is 4.79 Å². The van der Waals surface area contributed by atoms with Gasteiger partial charge in [0.1, 0.15) is 0 Å². The quantitative estimate of drug-likeness (QED) is 0.587. The number of amides is 1. The van der Waals surface area contributed by atoms with Crippen LogP contribution in [0.25, 0.3) is 0 Å². The molecule has 2 rings (SSSR count). The number of carbonyl (C=O) groups is 1. The minimum Gasteiger partial charge on any atom is -0.493 e. The van der Waals surface area contributed by atoms with Crippen LogP contribution in [0, 0.1) is 0 Å².